The molecular formula is C23H30FN3O5S. The van der Waals surface area contributed by atoms with E-state index in [0.29, 0.717) is 30.0 Å². The number of ether oxygens (including phenoxy) is 1. The van der Waals surface area contributed by atoms with E-state index in [1.807, 2.05) is 6.92 Å². The SMILES string of the molecule is CCOc1ccc(N(CC(=O)N(Cc2ccc(F)cc2)C(CC)C(=O)NC)S(C)(=O)=O)cc1. The third kappa shape index (κ3) is 7.18. The van der Waals surface area contributed by atoms with E-state index in [1.54, 1.807) is 31.2 Å². The minimum absolute atomic E-state index is 0.0198. The average molecular weight is 480 g/mol. The lowest BCUT2D eigenvalue weighted by molar-refractivity contribution is -0.140. The fourth-order valence-corrected chi connectivity index (χ4v) is 4.21. The lowest BCUT2D eigenvalue weighted by Gasteiger charge is -2.32. The predicted octanol–water partition coefficient (Wildman–Crippen LogP) is 2.54. The molecule has 1 atom stereocenters. The maximum absolute atomic E-state index is 13.4. The van der Waals surface area contributed by atoms with Crippen LogP contribution in [0, 0.1) is 5.82 Å². The number of rotatable bonds is 11. The molecule has 0 aliphatic rings. The Morgan fingerprint density at radius 1 is 1.06 bits per heavy atom. The van der Waals surface area contributed by atoms with Crippen LogP contribution in [-0.4, -0.2) is 57.6 Å². The van der Waals surface area contributed by atoms with E-state index in [0.717, 1.165) is 10.6 Å². The summed E-state index contributed by atoms with van der Waals surface area (Å²) in [6.45, 7) is 3.57. The van der Waals surface area contributed by atoms with Gasteiger partial charge in [-0.25, -0.2) is 12.8 Å². The van der Waals surface area contributed by atoms with Crippen LogP contribution in [0.15, 0.2) is 48.5 Å². The molecule has 0 heterocycles. The second-order valence-electron chi connectivity index (χ2n) is 7.38. The number of nitrogens with zero attached hydrogens (tertiary/aromatic N) is 2. The van der Waals surface area contributed by atoms with Crippen molar-refractivity contribution in [2.75, 3.05) is 30.8 Å². The quantitative estimate of drug-likeness (QED) is 0.534. The van der Waals surface area contributed by atoms with Crippen LogP contribution < -0.4 is 14.4 Å². The number of hydrogen-bond acceptors (Lipinski definition) is 5. The summed E-state index contributed by atoms with van der Waals surface area (Å²) >= 11 is 0. The van der Waals surface area contributed by atoms with Crippen LogP contribution >= 0.6 is 0 Å². The Kier molecular flexibility index (Phi) is 9.22. The molecule has 0 spiro atoms. The van der Waals surface area contributed by atoms with Gasteiger partial charge in [-0.1, -0.05) is 19.1 Å². The summed E-state index contributed by atoms with van der Waals surface area (Å²) in [7, 11) is -2.35. The van der Waals surface area contributed by atoms with E-state index in [1.165, 1.54) is 36.2 Å². The van der Waals surface area contributed by atoms with Crippen LogP contribution in [0.4, 0.5) is 10.1 Å². The minimum Gasteiger partial charge on any atom is -0.494 e. The molecule has 0 saturated carbocycles. The number of sulfonamides is 1. The molecule has 33 heavy (non-hydrogen) atoms. The van der Waals surface area contributed by atoms with Crippen molar-refractivity contribution in [3.63, 3.8) is 0 Å². The summed E-state index contributed by atoms with van der Waals surface area (Å²) in [5, 5.41) is 2.54. The molecular weight excluding hydrogens is 449 g/mol. The molecule has 10 heteroatoms. The van der Waals surface area contributed by atoms with Gasteiger partial charge in [0.05, 0.1) is 18.6 Å². The third-order valence-electron chi connectivity index (χ3n) is 5.01. The summed E-state index contributed by atoms with van der Waals surface area (Å²) in [6, 6.07) is 11.1. The highest BCUT2D eigenvalue weighted by Gasteiger charge is 2.31. The molecule has 2 aromatic carbocycles. The number of likely N-dealkylation sites (N-methyl/N-ethyl adjacent to an activating group) is 1. The smallest absolute Gasteiger partial charge is 0.244 e. The van der Waals surface area contributed by atoms with Gasteiger partial charge in [-0.2, -0.15) is 0 Å². The van der Waals surface area contributed by atoms with E-state index < -0.39 is 34.3 Å². The molecule has 1 N–H and O–H groups in total. The van der Waals surface area contributed by atoms with Gasteiger partial charge in [0.2, 0.25) is 21.8 Å². The first-order chi connectivity index (χ1) is 15.6. The topological polar surface area (TPSA) is 96.0 Å². The van der Waals surface area contributed by atoms with Crippen molar-refractivity contribution in [1.29, 1.82) is 0 Å². The first kappa shape index (κ1) is 26.1. The number of carbonyl (C=O) groups excluding carboxylic acids is 2. The maximum Gasteiger partial charge on any atom is 0.244 e. The van der Waals surface area contributed by atoms with Gasteiger partial charge in [0.25, 0.3) is 0 Å². The highest BCUT2D eigenvalue weighted by molar-refractivity contribution is 7.92. The number of halogens is 1. The van der Waals surface area contributed by atoms with Crippen LogP contribution in [0.5, 0.6) is 5.75 Å². The van der Waals surface area contributed by atoms with Gasteiger partial charge >= 0.3 is 0 Å². The third-order valence-corrected chi connectivity index (χ3v) is 6.15. The van der Waals surface area contributed by atoms with E-state index in [-0.39, 0.29) is 12.5 Å². The molecule has 0 radical (unpaired) electrons. The number of carbonyl (C=O) groups is 2. The number of nitrogens with one attached hydrogen (secondary N) is 1. The number of hydrogen-bond donors (Lipinski definition) is 1. The van der Waals surface area contributed by atoms with Crippen molar-refractivity contribution in [2.24, 2.45) is 0 Å². The molecule has 0 aliphatic carbocycles. The van der Waals surface area contributed by atoms with Crippen molar-refractivity contribution in [3.05, 3.63) is 59.9 Å². The van der Waals surface area contributed by atoms with Crippen LogP contribution in [0.2, 0.25) is 0 Å². The highest BCUT2D eigenvalue weighted by Crippen LogP contribution is 2.23. The summed E-state index contributed by atoms with van der Waals surface area (Å²) in [5.74, 6) is -0.785. The second-order valence-corrected chi connectivity index (χ2v) is 9.29. The van der Waals surface area contributed by atoms with Gasteiger partial charge in [0, 0.05) is 13.6 Å². The van der Waals surface area contributed by atoms with Gasteiger partial charge in [-0.05, 0) is 55.3 Å². The van der Waals surface area contributed by atoms with Gasteiger partial charge in [0.15, 0.2) is 0 Å². The first-order valence-electron chi connectivity index (χ1n) is 10.6. The largest absolute Gasteiger partial charge is 0.494 e. The lowest BCUT2D eigenvalue weighted by Crippen LogP contribution is -2.51. The lowest BCUT2D eigenvalue weighted by atomic mass is 10.1. The zero-order chi connectivity index (χ0) is 24.6. The molecule has 8 nitrogen and oxygen atoms in total. The van der Waals surface area contributed by atoms with Gasteiger partial charge in [0.1, 0.15) is 24.2 Å². The van der Waals surface area contributed by atoms with Crippen molar-refractivity contribution in [1.82, 2.24) is 10.2 Å². The summed E-state index contributed by atoms with van der Waals surface area (Å²) < 4.78 is 44.8. The summed E-state index contributed by atoms with van der Waals surface area (Å²) in [5.41, 5.74) is 0.906. The molecule has 2 rings (SSSR count). The number of benzene rings is 2. The van der Waals surface area contributed by atoms with E-state index in [9.17, 15) is 22.4 Å². The first-order valence-corrected chi connectivity index (χ1v) is 12.4. The van der Waals surface area contributed by atoms with Gasteiger partial charge in [-0.15, -0.1) is 0 Å². The normalized spacial score (nSPS) is 12.0. The second kappa shape index (κ2) is 11.6. The monoisotopic (exact) mass is 479 g/mol. The van der Waals surface area contributed by atoms with Crippen molar-refractivity contribution in [2.45, 2.75) is 32.9 Å². The van der Waals surface area contributed by atoms with E-state index in [2.05, 4.69) is 5.32 Å². The highest BCUT2D eigenvalue weighted by atomic mass is 32.2. The molecule has 0 aliphatic heterocycles. The fourth-order valence-electron chi connectivity index (χ4n) is 3.36. The minimum atomic E-state index is -3.81. The molecule has 0 bridgehead atoms. The molecule has 0 aromatic heterocycles. The molecule has 2 aromatic rings. The van der Waals surface area contributed by atoms with E-state index in [4.69, 9.17) is 4.74 Å². The molecule has 1 unspecified atom stereocenters. The van der Waals surface area contributed by atoms with Crippen molar-refractivity contribution < 1.29 is 27.1 Å². The van der Waals surface area contributed by atoms with Gasteiger partial charge < -0.3 is 15.0 Å². The number of amides is 2. The van der Waals surface area contributed by atoms with Crippen molar-refractivity contribution >= 4 is 27.5 Å². The zero-order valence-corrected chi connectivity index (χ0v) is 20.1. The van der Waals surface area contributed by atoms with Crippen LogP contribution in [-0.2, 0) is 26.2 Å². The van der Waals surface area contributed by atoms with Gasteiger partial charge in [-0.3, -0.25) is 13.9 Å². The van der Waals surface area contributed by atoms with Crippen LogP contribution in [0.25, 0.3) is 0 Å². The molecule has 180 valence electrons. The fraction of sp³-hybridized carbons (Fsp3) is 0.391. The Morgan fingerprint density at radius 3 is 2.15 bits per heavy atom. The number of anilines is 1. The standard InChI is InChI=1S/C23H30FN3O5S/c1-5-21(23(29)25-3)26(15-17-7-9-18(24)10-8-17)22(28)16-27(33(4,30)31)19-11-13-20(14-12-19)32-6-2/h7-14,21H,5-6,15-16H2,1-4H3,(H,25,29). The summed E-state index contributed by atoms with van der Waals surface area (Å²) in [6.07, 6.45) is 1.33. The molecule has 0 saturated heterocycles. The Morgan fingerprint density at radius 2 is 1.67 bits per heavy atom. The molecule has 0 fully saturated rings. The van der Waals surface area contributed by atoms with Crippen LogP contribution in [0.3, 0.4) is 0 Å². The molecule has 2 amide bonds. The zero-order valence-electron chi connectivity index (χ0n) is 19.2. The Labute approximate surface area is 194 Å². The Hall–Kier alpha value is -3.14. The maximum atomic E-state index is 13.4. The van der Waals surface area contributed by atoms with Crippen molar-refractivity contribution in [3.8, 4) is 5.75 Å². The Bertz CT molecular complexity index is 1040. The van der Waals surface area contributed by atoms with E-state index >= 15 is 0 Å². The van der Waals surface area contributed by atoms with Crippen LogP contribution in [0.1, 0.15) is 25.8 Å². The summed E-state index contributed by atoms with van der Waals surface area (Å²) in [4.78, 5) is 27.2. The predicted molar refractivity (Wildman–Crippen MR) is 125 cm³/mol. The average Bonchev–Trinajstić information content (AvgIpc) is 2.78. The Balaban J connectivity index is 2.38.